The van der Waals surface area contributed by atoms with Crippen LogP contribution in [0.1, 0.15) is 40.3 Å². The second kappa shape index (κ2) is 5.48. The number of hydrogen-bond acceptors (Lipinski definition) is 2. The van der Waals surface area contributed by atoms with Crippen molar-refractivity contribution in [1.82, 2.24) is 5.32 Å². The predicted molar refractivity (Wildman–Crippen MR) is 82.8 cm³/mol. The van der Waals surface area contributed by atoms with Gasteiger partial charge in [0.05, 0.1) is 0 Å². The molecule has 1 heterocycles. The van der Waals surface area contributed by atoms with Crippen molar-refractivity contribution < 1.29 is 0 Å². The third-order valence-corrected chi connectivity index (χ3v) is 5.23. The van der Waals surface area contributed by atoms with Crippen LogP contribution in [0.4, 0.5) is 0 Å². The maximum Gasteiger partial charge on any atom is 0.0304 e. The molecule has 0 amide bonds. The molecule has 1 aromatic carbocycles. The minimum Gasteiger partial charge on any atom is -0.309 e. The first kappa shape index (κ1) is 12.9. The summed E-state index contributed by atoms with van der Waals surface area (Å²) >= 11 is 1.86. The molecular formula is C17H21NS. The number of benzene rings is 1. The van der Waals surface area contributed by atoms with Gasteiger partial charge in [0.25, 0.3) is 0 Å². The van der Waals surface area contributed by atoms with Crippen LogP contribution in [-0.2, 0) is 6.54 Å². The summed E-state index contributed by atoms with van der Waals surface area (Å²) < 4.78 is 0. The average Bonchev–Trinajstić information content (AvgIpc) is 2.75. The molecule has 3 rings (SSSR count). The van der Waals surface area contributed by atoms with Gasteiger partial charge in [0.15, 0.2) is 0 Å². The number of hydrogen-bond donors (Lipinski definition) is 1. The van der Waals surface area contributed by atoms with Crippen LogP contribution in [0.2, 0.25) is 0 Å². The first-order valence-electron chi connectivity index (χ1n) is 7.05. The summed E-state index contributed by atoms with van der Waals surface area (Å²) in [6, 6.07) is 11.9. The van der Waals surface area contributed by atoms with E-state index in [1.54, 1.807) is 0 Å². The Morgan fingerprint density at radius 1 is 1.11 bits per heavy atom. The topological polar surface area (TPSA) is 12.0 Å². The summed E-state index contributed by atoms with van der Waals surface area (Å²) in [7, 11) is 0. The van der Waals surface area contributed by atoms with Gasteiger partial charge in [0, 0.05) is 17.5 Å². The van der Waals surface area contributed by atoms with Crippen LogP contribution in [0.25, 0.3) is 0 Å². The lowest BCUT2D eigenvalue weighted by Gasteiger charge is -2.36. The Kier molecular flexibility index (Phi) is 3.72. The lowest BCUT2D eigenvalue weighted by Crippen LogP contribution is -2.39. The molecule has 1 nitrogen and oxygen atoms in total. The van der Waals surface area contributed by atoms with E-state index >= 15 is 0 Å². The fourth-order valence-electron chi connectivity index (χ4n) is 2.72. The molecule has 1 N–H and O–H groups in total. The summed E-state index contributed by atoms with van der Waals surface area (Å²) in [5.74, 6) is 0.766. The molecule has 0 radical (unpaired) electrons. The molecule has 0 saturated heterocycles. The Morgan fingerprint density at radius 2 is 1.84 bits per heavy atom. The zero-order valence-corrected chi connectivity index (χ0v) is 12.5. The SMILES string of the molecule is Cc1ccc(C2CC(NCc3sccc3C)C2)cc1. The quantitative estimate of drug-likeness (QED) is 0.869. The zero-order valence-electron chi connectivity index (χ0n) is 11.6. The highest BCUT2D eigenvalue weighted by Crippen LogP contribution is 2.37. The summed E-state index contributed by atoms with van der Waals surface area (Å²) in [5.41, 5.74) is 4.29. The Morgan fingerprint density at radius 3 is 2.47 bits per heavy atom. The Balaban J connectivity index is 1.48. The standard InChI is InChI=1S/C17H21NS/c1-12-3-5-14(6-4-12)15-9-16(10-15)18-11-17-13(2)7-8-19-17/h3-8,15-16,18H,9-11H2,1-2H3. The third-order valence-electron chi connectivity index (χ3n) is 4.21. The van der Waals surface area contributed by atoms with Crippen molar-refractivity contribution in [2.45, 2.75) is 45.2 Å². The third kappa shape index (κ3) is 2.90. The molecule has 0 aliphatic heterocycles. The monoisotopic (exact) mass is 271 g/mol. The Bertz CT molecular complexity index is 535. The first-order valence-corrected chi connectivity index (χ1v) is 7.93. The van der Waals surface area contributed by atoms with Crippen molar-refractivity contribution in [2.24, 2.45) is 0 Å². The number of nitrogens with one attached hydrogen (secondary N) is 1. The van der Waals surface area contributed by atoms with Gasteiger partial charge in [-0.2, -0.15) is 0 Å². The minimum atomic E-state index is 0.702. The molecule has 19 heavy (non-hydrogen) atoms. The van der Waals surface area contributed by atoms with Crippen molar-refractivity contribution in [2.75, 3.05) is 0 Å². The van der Waals surface area contributed by atoms with Gasteiger partial charge >= 0.3 is 0 Å². The van der Waals surface area contributed by atoms with Gasteiger partial charge in [-0.1, -0.05) is 29.8 Å². The van der Waals surface area contributed by atoms with Crippen molar-refractivity contribution in [3.63, 3.8) is 0 Å². The smallest absolute Gasteiger partial charge is 0.0304 e. The van der Waals surface area contributed by atoms with E-state index in [-0.39, 0.29) is 0 Å². The molecule has 100 valence electrons. The summed E-state index contributed by atoms with van der Waals surface area (Å²) in [4.78, 5) is 1.48. The maximum atomic E-state index is 3.68. The van der Waals surface area contributed by atoms with E-state index in [2.05, 4.69) is 54.9 Å². The number of thiophene rings is 1. The Labute approximate surface area is 119 Å². The summed E-state index contributed by atoms with van der Waals surface area (Å²) in [6.45, 7) is 5.39. The average molecular weight is 271 g/mol. The molecule has 2 heteroatoms. The van der Waals surface area contributed by atoms with E-state index in [1.807, 2.05) is 11.3 Å². The predicted octanol–water partition coefficient (Wildman–Crippen LogP) is 4.40. The molecule has 0 spiro atoms. The van der Waals surface area contributed by atoms with Crippen molar-refractivity contribution in [1.29, 1.82) is 0 Å². The number of aryl methyl sites for hydroxylation is 2. The van der Waals surface area contributed by atoms with Crippen molar-refractivity contribution in [3.05, 3.63) is 57.3 Å². The Hall–Kier alpha value is -1.12. The molecule has 0 atom stereocenters. The fourth-order valence-corrected chi connectivity index (χ4v) is 3.57. The van der Waals surface area contributed by atoms with Crippen LogP contribution < -0.4 is 5.32 Å². The van der Waals surface area contributed by atoms with Gasteiger partial charge in [-0.3, -0.25) is 0 Å². The molecule has 1 fully saturated rings. The molecule has 1 aromatic heterocycles. The highest BCUT2D eigenvalue weighted by molar-refractivity contribution is 7.10. The van der Waals surface area contributed by atoms with E-state index in [4.69, 9.17) is 0 Å². The molecule has 0 bridgehead atoms. The van der Waals surface area contributed by atoms with Crippen LogP contribution >= 0.6 is 11.3 Å². The van der Waals surface area contributed by atoms with Gasteiger partial charge in [-0.15, -0.1) is 11.3 Å². The first-order chi connectivity index (χ1) is 9.22. The van der Waals surface area contributed by atoms with Crippen LogP contribution in [0.15, 0.2) is 35.7 Å². The highest BCUT2D eigenvalue weighted by atomic mass is 32.1. The second-order valence-electron chi connectivity index (χ2n) is 5.68. The normalized spacial score (nSPS) is 22.2. The maximum absolute atomic E-state index is 3.68. The van der Waals surface area contributed by atoms with Gasteiger partial charge in [-0.25, -0.2) is 0 Å². The van der Waals surface area contributed by atoms with E-state index in [0.717, 1.165) is 12.5 Å². The minimum absolute atomic E-state index is 0.702. The molecule has 1 aliphatic carbocycles. The van der Waals surface area contributed by atoms with Crippen LogP contribution in [0, 0.1) is 13.8 Å². The van der Waals surface area contributed by atoms with Gasteiger partial charge < -0.3 is 5.32 Å². The van der Waals surface area contributed by atoms with Crippen LogP contribution in [-0.4, -0.2) is 6.04 Å². The zero-order chi connectivity index (χ0) is 13.2. The van der Waals surface area contributed by atoms with Crippen LogP contribution in [0.5, 0.6) is 0 Å². The summed E-state index contributed by atoms with van der Waals surface area (Å²) in [5, 5.41) is 5.87. The van der Waals surface area contributed by atoms with Gasteiger partial charge in [-0.05, 0) is 55.2 Å². The lowest BCUT2D eigenvalue weighted by molar-refractivity contribution is 0.290. The van der Waals surface area contributed by atoms with E-state index in [0.29, 0.717) is 6.04 Å². The lowest BCUT2D eigenvalue weighted by atomic mass is 9.76. The molecule has 1 aliphatic rings. The summed E-state index contributed by atoms with van der Waals surface area (Å²) in [6.07, 6.45) is 2.57. The van der Waals surface area contributed by atoms with E-state index < -0.39 is 0 Å². The number of rotatable bonds is 4. The van der Waals surface area contributed by atoms with E-state index in [9.17, 15) is 0 Å². The van der Waals surface area contributed by atoms with Crippen molar-refractivity contribution in [3.8, 4) is 0 Å². The molecule has 0 unspecified atom stereocenters. The van der Waals surface area contributed by atoms with Crippen molar-refractivity contribution >= 4 is 11.3 Å². The van der Waals surface area contributed by atoms with E-state index in [1.165, 1.54) is 34.4 Å². The van der Waals surface area contributed by atoms with Gasteiger partial charge in [0.1, 0.15) is 0 Å². The molecular weight excluding hydrogens is 250 g/mol. The molecule has 2 aromatic rings. The largest absolute Gasteiger partial charge is 0.309 e. The highest BCUT2D eigenvalue weighted by Gasteiger charge is 2.29. The van der Waals surface area contributed by atoms with Gasteiger partial charge in [0.2, 0.25) is 0 Å². The van der Waals surface area contributed by atoms with Crippen LogP contribution in [0.3, 0.4) is 0 Å². The fraction of sp³-hybridized carbons (Fsp3) is 0.412. The second-order valence-corrected chi connectivity index (χ2v) is 6.68. The molecule has 1 saturated carbocycles.